The number of likely N-dealkylation sites (tertiary alicyclic amines) is 1. The van der Waals surface area contributed by atoms with Crippen LogP contribution in [-0.4, -0.2) is 74.2 Å². The smallest absolute Gasteiger partial charge is 0.307 e. The van der Waals surface area contributed by atoms with Gasteiger partial charge in [-0.05, 0) is 60.4 Å². The van der Waals surface area contributed by atoms with Crippen LogP contribution in [0.25, 0.3) is 0 Å². The van der Waals surface area contributed by atoms with Gasteiger partial charge in [0.2, 0.25) is 0 Å². The Balaban J connectivity index is 2.54. The quantitative estimate of drug-likeness (QED) is 0.201. The maximum Gasteiger partial charge on any atom is 0.307 e. The minimum absolute atomic E-state index is 0.0465. The van der Waals surface area contributed by atoms with Gasteiger partial charge in [-0.3, -0.25) is 9.59 Å². The summed E-state index contributed by atoms with van der Waals surface area (Å²) in [6.07, 6.45) is 6.32. The van der Waals surface area contributed by atoms with Crippen molar-refractivity contribution in [3.05, 3.63) is 0 Å². The summed E-state index contributed by atoms with van der Waals surface area (Å²) in [5, 5.41) is 0. The fourth-order valence-electron chi connectivity index (χ4n) is 5.78. The molecule has 1 aliphatic heterocycles. The molecule has 1 heterocycles. The number of hydrogen-bond donors (Lipinski definition) is 0. The molecular formula is C31H60N2O4. The van der Waals surface area contributed by atoms with E-state index in [9.17, 15) is 9.59 Å². The molecule has 0 unspecified atom stereocenters. The summed E-state index contributed by atoms with van der Waals surface area (Å²) in [4.78, 5) is 29.9. The molecule has 0 atom stereocenters. The van der Waals surface area contributed by atoms with E-state index in [4.69, 9.17) is 9.47 Å². The summed E-state index contributed by atoms with van der Waals surface area (Å²) in [5.74, 6) is -0.309. The molecule has 0 aromatic carbocycles. The molecule has 0 aromatic heterocycles. The second kappa shape index (κ2) is 14.9. The first kappa shape index (κ1) is 33.9. The molecule has 0 aromatic rings. The third-order valence-corrected chi connectivity index (χ3v) is 7.37. The summed E-state index contributed by atoms with van der Waals surface area (Å²) in [5.41, 5.74) is 0.333. The lowest BCUT2D eigenvalue weighted by molar-refractivity contribution is -0.148. The molecule has 218 valence electrons. The van der Waals surface area contributed by atoms with Gasteiger partial charge in [0.05, 0.1) is 26.1 Å². The standard InChI is InChI=1S/C31H60N2O4/c1-11-29(5,6)23-31(9,10)25-37-27(35)15-19-33(21-20-32-16-12-13-17-32)18-14-26(34)36-24-30(7,8)22-28(2,3)4/h11-25H2,1-10H3. The van der Waals surface area contributed by atoms with Crippen LogP contribution in [0, 0.1) is 21.7 Å². The highest BCUT2D eigenvalue weighted by molar-refractivity contribution is 5.70. The molecule has 0 aliphatic carbocycles. The van der Waals surface area contributed by atoms with E-state index in [1.807, 2.05) is 0 Å². The van der Waals surface area contributed by atoms with E-state index in [0.717, 1.165) is 45.4 Å². The van der Waals surface area contributed by atoms with Crippen LogP contribution in [-0.2, 0) is 19.1 Å². The number of hydrogen-bond acceptors (Lipinski definition) is 6. The average molecular weight is 525 g/mol. The van der Waals surface area contributed by atoms with Crippen molar-refractivity contribution in [2.45, 2.75) is 114 Å². The monoisotopic (exact) mass is 524 g/mol. The van der Waals surface area contributed by atoms with E-state index >= 15 is 0 Å². The molecule has 0 spiro atoms. The summed E-state index contributed by atoms with van der Waals surface area (Å²) in [7, 11) is 0. The Bertz CT molecular complexity index is 688. The largest absolute Gasteiger partial charge is 0.465 e. The lowest BCUT2D eigenvalue weighted by atomic mass is 9.74. The Kier molecular flexibility index (Phi) is 13.6. The van der Waals surface area contributed by atoms with Gasteiger partial charge in [0.15, 0.2) is 0 Å². The molecule has 1 rings (SSSR count). The van der Waals surface area contributed by atoms with Crippen LogP contribution in [0.3, 0.4) is 0 Å². The highest BCUT2D eigenvalue weighted by Gasteiger charge is 2.29. The van der Waals surface area contributed by atoms with Crippen LogP contribution < -0.4 is 0 Å². The zero-order chi connectivity index (χ0) is 28.3. The van der Waals surface area contributed by atoms with Gasteiger partial charge in [-0.15, -0.1) is 0 Å². The Morgan fingerprint density at radius 2 is 1.16 bits per heavy atom. The van der Waals surface area contributed by atoms with Gasteiger partial charge in [0, 0.05) is 26.2 Å². The van der Waals surface area contributed by atoms with Crippen molar-refractivity contribution < 1.29 is 19.1 Å². The molecule has 37 heavy (non-hydrogen) atoms. The summed E-state index contributed by atoms with van der Waals surface area (Å²) in [6.45, 7) is 28.3. The van der Waals surface area contributed by atoms with Crippen molar-refractivity contribution in [2.75, 3.05) is 52.5 Å². The Labute approximate surface area is 229 Å². The highest BCUT2D eigenvalue weighted by Crippen LogP contribution is 2.36. The maximum absolute atomic E-state index is 12.6. The van der Waals surface area contributed by atoms with Crippen LogP contribution in [0.2, 0.25) is 0 Å². The number of carbonyl (C=O) groups excluding carboxylic acids is 2. The molecule has 1 aliphatic rings. The zero-order valence-corrected chi connectivity index (χ0v) is 26.1. The average Bonchev–Trinajstić information content (AvgIpc) is 3.27. The van der Waals surface area contributed by atoms with Crippen molar-refractivity contribution in [1.29, 1.82) is 0 Å². The molecule has 0 saturated carbocycles. The Hall–Kier alpha value is -1.14. The number of carbonyl (C=O) groups is 2. The fraction of sp³-hybridized carbons (Fsp3) is 0.935. The first-order chi connectivity index (χ1) is 16.9. The van der Waals surface area contributed by atoms with Gasteiger partial charge in [-0.25, -0.2) is 0 Å². The topological polar surface area (TPSA) is 59.1 Å². The third-order valence-electron chi connectivity index (χ3n) is 7.37. The van der Waals surface area contributed by atoms with Crippen LogP contribution >= 0.6 is 0 Å². The fourth-order valence-corrected chi connectivity index (χ4v) is 5.78. The lowest BCUT2D eigenvalue weighted by Crippen LogP contribution is -2.37. The lowest BCUT2D eigenvalue weighted by Gasteiger charge is -2.34. The normalized spacial score (nSPS) is 15.9. The molecule has 0 radical (unpaired) electrons. The van der Waals surface area contributed by atoms with Crippen LogP contribution in [0.5, 0.6) is 0 Å². The van der Waals surface area contributed by atoms with Crippen LogP contribution in [0.1, 0.15) is 114 Å². The number of rotatable bonds is 17. The van der Waals surface area contributed by atoms with Crippen LogP contribution in [0.4, 0.5) is 0 Å². The van der Waals surface area contributed by atoms with Crippen molar-refractivity contribution >= 4 is 11.9 Å². The summed E-state index contributed by atoms with van der Waals surface area (Å²) in [6, 6.07) is 0. The molecule has 1 fully saturated rings. The molecule has 1 saturated heterocycles. The molecule has 0 amide bonds. The second-order valence-corrected chi connectivity index (χ2v) is 15.0. The number of ether oxygens (including phenoxy) is 2. The van der Waals surface area contributed by atoms with Gasteiger partial charge >= 0.3 is 11.9 Å². The maximum atomic E-state index is 12.6. The Morgan fingerprint density at radius 3 is 1.59 bits per heavy atom. The molecule has 6 heteroatoms. The van der Waals surface area contributed by atoms with E-state index in [1.54, 1.807) is 0 Å². The summed E-state index contributed by atoms with van der Waals surface area (Å²) >= 11 is 0. The predicted octanol–water partition coefficient (Wildman–Crippen LogP) is 6.57. The van der Waals surface area contributed by atoms with Gasteiger partial charge in [0.1, 0.15) is 0 Å². The number of nitrogens with zero attached hydrogens (tertiary/aromatic N) is 2. The Morgan fingerprint density at radius 1 is 0.703 bits per heavy atom. The predicted molar refractivity (Wildman–Crippen MR) is 154 cm³/mol. The second-order valence-electron chi connectivity index (χ2n) is 15.0. The van der Waals surface area contributed by atoms with Gasteiger partial charge < -0.3 is 19.3 Å². The number of esters is 2. The van der Waals surface area contributed by atoms with Gasteiger partial charge in [-0.1, -0.05) is 75.7 Å². The minimum atomic E-state index is -0.156. The molecule has 6 nitrogen and oxygen atoms in total. The molecule has 0 N–H and O–H groups in total. The SMILES string of the molecule is CCC(C)(C)CC(C)(C)COC(=O)CCN(CCC(=O)OCC(C)(C)CC(C)(C)C)CCN1CCCC1. The van der Waals surface area contributed by atoms with Crippen LogP contribution in [0.15, 0.2) is 0 Å². The minimum Gasteiger partial charge on any atom is -0.465 e. The van der Waals surface area contributed by atoms with Crippen molar-refractivity contribution in [2.24, 2.45) is 21.7 Å². The van der Waals surface area contributed by atoms with Gasteiger partial charge in [-0.2, -0.15) is 0 Å². The van der Waals surface area contributed by atoms with E-state index in [0.29, 0.717) is 39.1 Å². The third kappa shape index (κ3) is 16.4. The van der Waals surface area contributed by atoms with E-state index in [2.05, 4.69) is 79.0 Å². The first-order valence-corrected chi connectivity index (χ1v) is 14.7. The highest BCUT2D eigenvalue weighted by atomic mass is 16.5. The summed E-state index contributed by atoms with van der Waals surface area (Å²) < 4.78 is 11.4. The van der Waals surface area contributed by atoms with Crippen molar-refractivity contribution in [3.63, 3.8) is 0 Å². The first-order valence-electron chi connectivity index (χ1n) is 14.7. The zero-order valence-electron chi connectivity index (χ0n) is 26.1. The molecule has 0 bridgehead atoms. The van der Waals surface area contributed by atoms with Gasteiger partial charge in [0.25, 0.3) is 0 Å². The van der Waals surface area contributed by atoms with Crippen molar-refractivity contribution in [1.82, 2.24) is 9.80 Å². The van der Waals surface area contributed by atoms with E-state index in [-0.39, 0.29) is 33.6 Å². The molecular weight excluding hydrogens is 464 g/mol. The van der Waals surface area contributed by atoms with E-state index in [1.165, 1.54) is 12.8 Å². The van der Waals surface area contributed by atoms with E-state index < -0.39 is 0 Å². The van der Waals surface area contributed by atoms with Crippen molar-refractivity contribution in [3.8, 4) is 0 Å².